The van der Waals surface area contributed by atoms with Crippen LogP contribution < -0.4 is 5.73 Å². The van der Waals surface area contributed by atoms with E-state index in [9.17, 15) is 0 Å². The smallest absolute Gasteiger partial charge is 0.171 e. The van der Waals surface area contributed by atoms with Gasteiger partial charge in [-0.1, -0.05) is 0 Å². The van der Waals surface area contributed by atoms with Crippen molar-refractivity contribution in [1.29, 1.82) is 0 Å². The van der Waals surface area contributed by atoms with Crippen LogP contribution in [0.4, 0.5) is 5.82 Å². The lowest BCUT2D eigenvalue weighted by Crippen LogP contribution is -2.01. The summed E-state index contributed by atoms with van der Waals surface area (Å²) in [5, 5.41) is 0. The summed E-state index contributed by atoms with van der Waals surface area (Å²) in [5.41, 5.74) is 6.73. The molecule has 0 unspecified atom stereocenters. The van der Waals surface area contributed by atoms with Gasteiger partial charge in [0.15, 0.2) is 5.82 Å². The molecule has 0 aliphatic rings. The van der Waals surface area contributed by atoms with Gasteiger partial charge < -0.3 is 5.73 Å². The third-order valence-corrected chi connectivity index (χ3v) is 6.49. The summed E-state index contributed by atoms with van der Waals surface area (Å²) in [4.78, 5) is 9.71. The van der Waals surface area contributed by atoms with Gasteiger partial charge in [0, 0.05) is 4.47 Å². The monoisotopic (exact) mass is 473 g/mol. The lowest BCUT2D eigenvalue weighted by atomic mass is 10.4. The third-order valence-electron chi connectivity index (χ3n) is 1.91. The molecule has 0 fully saturated rings. The predicted molar refractivity (Wildman–Crippen MR) is 82.6 cm³/mol. The van der Waals surface area contributed by atoms with Crippen LogP contribution in [0, 0.1) is 10.5 Å². The van der Waals surface area contributed by atoms with Crippen molar-refractivity contribution in [3.63, 3.8) is 0 Å². The number of aryl methyl sites for hydroxylation is 1. The Morgan fingerprint density at radius 1 is 1.38 bits per heavy atom. The van der Waals surface area contributed by atoms with Gasteiger partial charge in [-0.15, -0.1) is 11.3 Å². The Labute approximate surface area is 127 Å². The second-order valence-corrected chi connectivity index (χ2v) is 7.37. The molecule has 0 saturated heterocycles. The zero-order valence-electron chi connectivity index (χ0n) is 8.09. The molecule has 16 heavy (non-hydrogen) atoms. The number of nitrogen functional groups attached to an aromatic ring is 1. The van der Waals surface area contributed by atoms with E-state index in [2.05, 4.69) is 64.4 Å². The van der Waals surface area contributed by atoms with Crippen LogP contribution in [-0.2, 0) is 0 Å². The summed E-state index contributed by atoms with van der Waals surface area (Å²) in [6.45, 7) is 1.93. The topological polar surface area (TPSA) is 51.8 Å². The fourth-order valence-corrected chi connectivity index (χ4v) is 3.36. The normalized spacial score (nSPS) is 10.8. The first-order valence-electron chi connectivity index (χ1n) is 4.24. The minimum atomic E-state index is 0.531. The Morgan fingerprint density at radius 2 is 2.06 bits per heavy atom. The molecule has 0 aliphatic heterocycles. The maximum atomic E-state index is 5.83. The molecule has 0 spiro atoms. The first kappa shape index (κ1) is 12.7. The molecule has 0 radical (unpaired) electrons. The van der Waals surface area contributed by atoms with Crippen LogP contribution in [0.2, 0.25) is 0 Å². The Morgan fingerprint density at radius 3 is 2.56 bits per heavy atom. The molecule has 0 aromatic carbocycles. The summed E-state index contributed by atoms with van der Waals surface area (Å²) < 4.78 is 2.95. The molecule has 0 atom stereocenters. The van der Waals surface area contributed by atoms with Gasteiger partial charge in [0.1, 0.15) is 5.82 Å². The number of aromatic nitrogens is 2. The van der Waals surface area contributed by atoms with Crippen molar-refractivity contribution in [2.24, 2.45) is 0 Å². The summed E-state index contributed by atoms with van der Waals surface area (Å²) in [5.74, 6) is 1.20. The molecule has 2 heterocycles. The van der Waals surface area contributed by atoms with Crippen molar-refractivity contribution < 1.29 is 0 Å². The van der Waals surface area contributed by atoms with Crippen molar-refractivity contribution in [2.45, 2.75) is 6.92 Å². The van der Waals surface area contributed by atoms with Crippen molar-refractivity contribution in [3.8, 4) is 10.7 Å². The molecule has 2 rings (SSSR count). The standard InChI is InChI=1S/C9H6Br2IN3S/c1-3-6(12)8(13)15-9(14-3)5-2-4(10)7(11)16-5/h2H,1H3,(H2,13,14,15). The average Bonchev–Trinajstić information content (AvgIpc) is 2.55. The molecule has 3 nitrogen and oxygen atoms in total. The van der Waals surface area contributed by atoms with Gasteiger partial charge in [-0.2, -0.15) is 0 Å². The highest BCUT2D eigenvalue weighted by Gasteiger charge is 2.12. The molecular weight excluding hydrogens is 469 g/mol. The first-order chi connectivity index (χ1) is 7.49. The Kier molecular flexibility index (Phi) is 3.87. The van der Waals surface area contributed by atoms with Crippen molar-refractivity contribution in [1.82, 2.24) is 9.97 Å². The van der Waals surface area contributed by atoms with E-state index in [1.165, 1.54) is 0 Å². The van der Waals surface area contributed by atoms with Crippen molar-refractivity contribution >= 4 is 71.6 Å². The van der Waals surface area contributed by atoms with Gasteiger partial charge in [0.2, 0.25) is 0 Å². The molecule has 7 heteroatoms. The van der Waals surface area contributed by atoms with E-state index < -0.39 is 0 Å². The van der Waals surface area contributed by atoms with Gasteiger partial charge >= 0.3 is 0 Å². The quantitative estimate of drug-likeness (QED) is 0.629. The summed E-state index contributed by atoms with van der Waals surface area (Å²) in [6.07, 6.45) is 0. The summed E-state index contributed by atoms with van der Waals surface area (Å²) in [7, 11) is 0. The van der Waals surface area contributed by atoms with Crippen LogP contribution >= 0.6 is 65.8 Å². The number of hydrogen-bond donors (Lipinski definition) is 1. The van der Waals surface area contributed by atoms with E-state index in [1.54, 1.807) is 11.3 Å². The van der Waals surface area contributed by atoms with Crippen molar-refractivity contribution in [2.75, 3.05) is 5.73 Å². The number of halogens is 3. The van der Waals surface area contributed by atoms with Crippen LogP contribution in [0.15, 0.2) is 14.3 Å². The molecule has 2 aromatic heterocycles. The molecule has 2 aromatic rings. The van der Waals surface area contributed by atoms with Gasteiger partial charge in [-0.3, -0.25) is 0 Å². The largest absolute Gasteiger partial charge is 0.383 e. The maximum absolute atomic E-state index is 5.83. The fraction of sp³-hybridized carbons (Fsp3) is 0.111. The van der Waals surface area contributed by atoms with Crippen LogP contribution in [0.3, 0.4) is 0 Å². The highest BCUT2D eigenvalue weighted by molar-refractivity contribution is 14.1. The Bertz CT molecular complexity index is 513. The highest BCUT2D eigenvalue weighted by atomic mass is 127. The summed E-state index contributed by atoms with van der Waals surface area (Å²) in [6, 6.07) is 1.98. The molecule has 0 saturated carbocycles. The maximum Gasteiger partial charge on any atom is 0.171 e. The number of nitrogens with two attached hydrogens (primary N) is 1. The Balaban J connectivity index is 2.56. The molecule has 84 valence electrons. The summed E-state index contributed by atoms with van der Waals surface area (Å²) >= 11 is 10.6. The minimum Gasteiger partial charge on any atom is -0.383 e. The molecule has 2 N–H and O–H groups in total. The number of rotatable bonds is 1. The Hall–Kier alpha value is 0.270. The first-order valence-corrected chi connectivity index (χ1v) is 7.72. The highest BCUT2D eigenvalue weighted by Crippen LogP contribution is 2.37. The third kappa shape index (κ3) is 2.41. The van der Waals surface area contributed by atoms with Gasteiger partial charge in [-0.05, 0) is 67.4 Å². The van der Waals surface area contributed by atoms with E-state index >= 15 is 0 Å². The number of hydrogen-bond acceptors (Lipinski definition) is 4. The molecule has 0 bridgehead atoms. The molecule has 0 amide bonds. The van der Waals surface area contributed by atoms with E-state index in [0.29, 0.717) is 11.6 Å². The zero-order chi connectivity index (χ0) is 11.9. The number of nitrogens with zero attached hydrogens (tertiary/aromatic N) is 2. The number of anilines is 1. The zero-order valence-corrected chi connectivity index (χ0v) is 14.2. The second-order valence-electron chi connectivity index (χ2n) is 3.06. The van der Waals surface area contributed by atoms with Crippen LogP contribution in [0.25, 0.3) is 10.7 Å². The SMILES string of the molecule is Cc1nc(-c2cc(Br)c(Br)s2)nc(N)c1I. The lowest BCUT2D eigenvalue weighted by molar-refractivity contribution is 1.11. The molecular formula is C9H6Br2IN3S. The van der Waals surface area contributed by atoms with Gasteiger partial charge in [0.05, 0.1) is 17.9 Å². The van der Waals surface area contributed by atoms with E-state index in [-0.39, 0.29) is 0 Å². The van der Waals surface area contributed by atoms with Gasteiger partial charge in [0.25, 0.3) is 0 Å². The van der Waals surface area contributed by atoms with E-state index in [1.807, 2.05) is 13.0 Å². The fourth-order valence-electron chi connectivity index (χ4n) is 1.15. The predicted octanol–water partition coefficient (Wildman–Crippen LogP) is 4.23. The van der Waals surface area contributed by atoms with E-state index in [4.69, 9.17) is 5.73 Å². The van der Waals surface area contributed by atoms with Crippen LogP contribution in [-0.4, -0.2) is 9.97 Å². The lowest BCUT2D eigenvalue weighted by Gasteiger charge is -2.03. The van der Waals surface area contributed by atoms with Crippen LogP contribution in [0.5, 0.6) is 0 Å². The van der Waals surface area contributed by atoms with Crippen molar-refractivity contribution in [3.05, 3.63) is 23.6 Å². The van der Waals surface area contributed by atoms with Crippen LogP contribution in [0.1, 0.15) is 5.69 Å². The molecule has 0 aliphatic carbocycles. The minimum absolute atomic E-state index is 0.531. The number of thiophene rings is 1. The second kappa shape index (κ2) is 4.87. The van der Waals surface area contributed by atoms with E-state index in [0.717, 1.165) is 22.4 Å². The average molecular weight is 475 g/mol. The van der Waals surface area contributed by atoms with Gasteiger partial charge in [-0.25, -0.2) is 9.97 Å².